The van der Waals surface area contributed by atoms with Crippen molar-refractivity contribution in [3.63, 3.8) is 0 Å². The average Bonchev–Trinajstić information content (AvgIpc) is 3.38. The third-order valence-electron chi connectivity index (χ3n) is 4.64. The quantitative estimate of drug-likeness (QED) is 0.366. The van der Waals surface area contributed by atoms with Crippen molar-refractivity contribution in [1.29, 1.82) is 0 Å². The van der Waals surface area contributed by atoms with Gasteiger partial charge < -0.3 is 0 Å². The van der Waals surface area contributed by atoms with E-state index in [1.165, 1.54) is 23.1 Å². The number of ketones is 1. The van der Waals surface area contributed by atoms with Crippen molar-refractivity contribution in [3.05, 3.63) is 57.7 Å². The number of thiophene rings is 1. The van der Waals surface area contributed by atoms with Gasteiger partial charge >= 0.3 is 0 Å². The zero-order valence-electron chi connectivity index (χ0n) is 13.8. The van der Waals surface area contributed by atoms with E-state index in [0.717, 1.165) is 17.7 Å². The molecule has 4 rings (SSSR count). The third kappa shape index (κ3) is 3.28. The van der Waals surface area contributed by atoms with Crippen LogP contribution in [0.15, 0.2) is 51.7 Å². The summed E-state index contributed by atoms with van der Waals surface area (Å²) in [6, 6.07) is 11.2. The van der Waals surface area contributed by atoms with Gasteiger partial charge in [0.05, 0.1) is 11.1 Å². The molecule has 1 aliphatic rings. The number of Topliss-reactive ketones (excluding diaryl/α,β-unsaturated/α-hetero) is 1. The summed E-state index contributed by atoms with van der Waals surface area (Å²) >= 11 is 2.83. The highest BCUT2D eigenvalue weighted by molar-refractivity contribution is 7.99. The number of rotatable bonds is 6. The highest BCUT2D eigenvalue weighted by Gasteiger charge is 2.32. The van der Waals surface area contributed by atoms with Gasteiger partial charge in [-0.1, -0.05) is 42.1 Å². The largest absolute Gasteiger partial charge is 0.293 e. The zero-order valence-corrected chi connectivity index (χ0v) is 15.5. The Kier molecular flexibility index (Phi) is 4.48. The second-order valence-corrected chi connectivity index (χ2v) is 8.20. The molecule has 0 aliphatic heterocycles. The maximum atomic E-state index is 12.9. The number of aromatic nitrogens is 2. The molecular weight excluding hydrogens is 352 g/mol. The summed E-state index contributed by atoms with van der Waals surface area (Å²) in [6.07, 6.45) is 2.31. The first-order chi connectivity index (χ1) is 12.1. The lowest BCUT2D eigenvalue weighted by molar-refractivity contribution is 0.102. The lowest BCUT2D eigenvalue weighted by Gasteiger charge is -2.18. The van der Waals surface area contributed by atoms with Crippen LogP contribution in [0.25, 0.3) is 10.2 Å². The molecular formula is C19H18N2O2S2. The lowest BCUT2D eigenvalue weighted by atomic mass is 10.2. The Morgan fingerprint density at radius 3 is 2.80 bits per heavy atom. The molecule has 1 unspecified atom stereocenters. The van der Waals surface area contributed by atoms with Gasteiger partial charge in [0, 0.05) is 11.6 Å². The monoisotopic (exact) mass is 370 g/mol. The van der Waals surface area contributed by atoms with E-state index in [4.69, 9.17) is 0 Å². The number of hydrogen-bond acceptors (Lipinski definition) is 5. The fraction of sp³-hybridized carbons (Fsp3) is 0.316. The molecule has 0 N–H and O–H groups in total. The standard InChI is InChI=1S/C19H18N2O2S2/c1-12(13-7-8-13)21-18(23)15-9-10-24-17(15)20-19(21)25-11-16(22)14-5-3-2-4-6-14/h2-6,9-10,12-13H,7-8,11H2,1H3. The number of carbonyl (C=O) groups excluding carboxylic acids is 1. The fourth-order valence-electron chi connectivity index (χ4n) is 3.00. The highest BCUT2D eigenvalue weighted by Crippen LogP contribution is 2.40. The van der Waals surface area contributed by atoms with Crippen molar-refractivity contribution in [3.8, 4) is 0 Å². The summed E-state index contributed by atoms with van der Waals surface area (Å²) in [6.45, 7) is 2.09. The molecule has 1 fully saturated rings. The van der Waals surface area contributed by atoms with Crippen LogP contribution in [0.4, 0.5) is 0 Å². The van der Waals surface area contributed by atoms with Crippen LogP contribution in [-0.4, -0.2) is 21.1 Å². The van der Waals surface area contributed by atoms with E-state index < -0.39 is 0 Å². The van der Waals surface area contributed by atoms with Crippen LogP contribution < -0.4 is 5.56 Å². The molecule has 0 radical (unpaired) electrons. The Morgan fingerprint density at radius 1 is 1.32 bits per heavy atom. The van der Waals surface area contributed by atoms with E-state index in [9.17, 15) is 9.59 Å². The van der Waals surface area contributed by atoms with Crippen molar-refractivity contribution < 1.29 is 4.79 Å². The first-order valence-electron chi connectivity index (χ1n) is 8.36. The molecule has 1 aromatic carbocycles. The number of benzene rings is 1. The SMILES string of the molecule is CC(C1CC1)n1c(SCC(=O)c2ccccc2)nc2sccc2c1=O. The van der Waals surface area contributed by atoms with Gasteiger partial charge in [-0.3, -0.25) is 14.2 Å². The average molecular weight is 370 g/mol. The van der Waals surface area contributed by atoms with Crippen molar-refractivity contribution in [2.75, 3.05) is 5.75 Å². The normalized spacial score (nSPS) is 15.4. The Hall–Kier alpha value is -1.92. The number of fused-ring (bicyclic) bond motifs is 1. The van der Waals surface area contributed by atoms with Crippen LogP contribution in [0, 0.1) is 5.92 Å². The minimum absolute atomic E-state index is 0.0142. The van der Waals surface area contributed by atoms with Gasteiger partial charge in [0.25, 0.3) is 5.56 Å². The van der Waals surface area contributed by atoms with Gasteiger partial charge in [-0.2, -0.15) is 0 Å². The summed E-state index contributed by atoms with van der Waals surface area (Å²) in [5.41, 5.74) is 0.705. The molecule has 1 atom stereocenters. The van der Waals surface area contributed by atoms with E-state index in [1.54, 1.807) is 4.57 Å². The molecule has 3 aromatic rings. The molecule has 128 valence electrons. The smallest absolute Gasteiger partial charge is 0.263 e. The summed E-state index contributed by atoms with van der Waals surface area (Å²) in [5.74, 6) is 0.876. The highest BCUT2D eigenvalue weighted by atomic mass is 32.2. The molecule has 1 saturated carbocycles. The minimum Gasteiger partial charge on any atom is -0.293 e. The Balaban J connectivity index is 1.67. The van der Waals surface area contributed by atoms with Crippen molar-refractivity contribution in [2.24, 2.45) is 5.92 Å². The molecule has 2 aromatic heterocycles. The number of carbonyl (C=O) groups is 1. The summed E-state index contributed by atoms with van der Waals surface area (Å²) in [7, 11) is 0. The van der Waals surface area contributed by atoms with Crippen LogP contribution >= 0.6 is 23.1 Å². The molecule has 0 saturated heterocycles. The minimum atomic E-state index is 0.0142. The Morgan fingerprint density at radius 2 is 2.08 bits per heavy atom. The lowest BCUT2D eigenvalue weighted by Crippen LogP contribution is -2.27. The van der Waals surface area contributed by atoms with E-state index in [2.05, 4.69) is 11.9 Å². The van der Waals surface area contributed by atoms with Gasteiger partial charge in [0.2, 0.25) is 0 Å². The summed E-state index contributed by atoms with van der Waals surface area (Å²) in [4.78, 5) is 30.8. The number of hydrogen-bond donors (Lipinski definition) is 0. The molecule has 6 heteroatoms. The predicted molar refractivity (Wildman–Crippen MR) is 103 cm³/mol. The van der Waals surface area contributed by atoms with Crippen LogP contribution in [0.1, 0.15) is 36.2 Å². The van der Waals surface area contributed by atoms with Gasteiger partial charge in [-0.15, -0.1) is 11.3 Å². The van der Waals surface area contributed by atoms with E-state index in [0.29, 0.717) is 22.0 Å². The zero-order chi connectivity index (χ0) is 17.4. The van der Waals surface area contributed by atoms with Crippen LogP contribution in [-0.2, 0) is 0 Å². The molecule has 4 nitrogen and oxygen atoms in total. The summed E-state index contributed by atoms with van der Waals surface area (Å²) in [5, 5.41) is 3.23. The van der Waals surface area contributed by atoms with Crippen LogP contribution in [0.2, 0.25) is 0 Å². The topological polar surface area (TPSA) is 52.0 Å². The Bertz CT molecular complexity index is 974. The molecule has 0 amide bonds. The van der Waals surface area contributed by atoms with Gasteiger partial charge in [0.15, 0.2) is 10.9 Å². The van der Waals surface area contributed by atoms with Gasteiger partial charge in [-0.05, 0) is 37.1 Å². The molecule has 0 spiro atoms. The van der Waals surface area contributed by atoms with Gasteiger partial charge in [-0.25, -0.2) is 4.98 Å². The second kappa shape index (κ2) is 6.77. The van der Waals surface area contributed by atoms with E-state index >= 15 is 0 Å². The number of thioether (sulfide) groups is 1. The second-order valence-electron chi connectivity index (χ2n) is 6.36. The predicted octanol–water partition coefficient (Wildman–Crippen LogP) is 4.40. The number of nitrogens with zero attached hydrogens (tertiary/aromatic N) is 2. The Labute approximate surface area is 153 Å². The maximum absolute atomic E-state index is 12.9. The van der Waals surface area contributed by atoms with E-state index in [1.807, 2.05) is 41.8 Å². The van der Waals surface area contributed by atoms with Crippen LogP contribution in [0.5, 0.6) is 0 Å². The van der Waals surface area contributed by atoms with Gasteiger partial charge in [0.1, 0.15) is 4.83 Å². The maximum Gasteiger partial charge on any atom is 0.263 e. The molecule has 25 heavy (non-hydrogen) atoms. The first kappa shape index (κ1) is 16.5. The van der Waals surface area contributed by atoms with Crippen LogP contribution in [0.3, 0.4) is 0 Å². The van der Waals surface area contributed by atoms with Crippen molar-refractivity contribution in [2.45, 2.75) is 31.0 Å². The third-order valence-corrected chi connectivity index (χ3v) is 6.40. The van der Waals surface area contributed by atoms with E-state index in [-0.39, 0.29) is 23.1 Å². The molecule has 0 bridgehead atoms. The summed E-state index contributed by atoms with van der Waals surface area (Å²) < 4.78 is 1.80. The van der Waals surface area contributed by atoms with Crippen molar-refractivity contribution in [1.82, 2.24) is 9.55 Å². The molecule has 1 aliphatic carbocycles. The van der Waals surface area contributed by atoms with Crippen molar-refractivity contribution >= 4 is 39.1 Å². The molecule has 2 heterocycles. The first-order valence-corrected chi connectivity index (χ1v) is 10.2. The fourth-order valence-corrected chi connectivity index (χ4v) is 4.78.